The summed E-state index contributed by atoms with van der Waals surface area (Å²) < 4.78 is 5.14. The highest BCUT2D eigenvalue weighted by molar-refractivity contribution is 5.73. The van der Waals surface area contributed by atoms with Gasteiger partial charge in [-0.25, -0.2) is 0 Å². The molecule has 1 aliphatic rings. The molecule has 1 fully saturated rings. The van der Waals surface area contributed by atoms with Crippen LogP contribution in [0.4, 0.5) is 0 Å². The van der Waals surface area contributed by atoms with Crippen molar-refractivity contribution in [3.8, 4) is 0 Å². The van der Waals surface area contributed by atoms with Crippen molar-refractivity contribution in [2.45, 2.75) is 51.2 Å². The smallest absolute Gasteiger partial charge is 0.310 e. The molecule has 0 spiro atoms. The number of ether oxygens (including phenoxy) is 1. The van der Waals surface area contributed by atoms with Gasteiger partial charge in [0.15, 0.2) is 0 Å². The lowest BCUT2D eigenvalue weighted by atomic mass is 9.82. The van der Waals surface area contributed by atoms with E-state index in [4.69, 9.17) is 4.74 Å². The van der Waals surface area contributed by atoms with Crippen molar-refractivity contribution in [3.05, 3.63) is 71.8 Å². The molecule has 0 amide bonds. The molecule has 3 rings (SSSR count). The minimum Gasteiger partial charge on any atom is -0.469 e. The van der Waals surface area contributed by atoms with Crippen LogP contribution >= 0.6 is 0 Å². The Balaban J connectivity index is 1.91. The molecule has 2 aromatic rings. The Kier molecular flexibility index (Phi) is 6.45. The summed E-state index contributed by atoms with van der Waals surface area (Å²) in [6, 6.07) is 21.6. The summed E-state index contributed by atoms with van der Waals surface area (Å²) in [7, 11) is 1.51. The fourth-order valence-corrected chi connectivity index (χ4v) is 4.19. The van der Waals surface area contributed by atoms with E-state index < -0.39 is 0 Å². The Labute approximate surface area is 157 Å². The van der Waals surface area contributed by atoms with Crippen LogP contribution in [-0.4, -0.2) is 24.0 Å². The molecule has 3 heteroatoms. The molecule has 1 aliphatic carbocycles. The van der Waals surface area contributed by atoms with E-state index in [1.54, 1.807) is 0 Å². The summed E-state index contributed by atoms with van der Waals surface area (Å²) in [6.45, 7) is 3.09. The van der Waals surface area contributed by atoms with E-state index in [0.29, 0.717) is 0 Å². The maximum atomic E-state index is 12.4. The predicted molar refractivity (Wildman–Crippen MR) is 105 cm³/mol. The molecule has 0 aromatic heterocycles. The van der Waals surface area contributed by atoms with E-state index in [1.807, 2.05) is 6.07 Å². The summed E-state index contributed by atoms with van der Waals surface area (Å²) in [6.07, 6.45) is 4.24. The van der Waals surface area contributed by atoms with E-state index in [9.17, 15) is 4.79 Å². The van der Waals surface area contributed by atoms with Gasteiger partial charge in [-0.05, 0) is 30.9 Å². The number of benzene rings is 2. The zero-order valence-corrected chi connectivity index (χ0v) is 15.8. The number of carbonyl (C=O) groups is 1. The SMILES string of the molecule is COC(=O)C1CCCCC1N(Cc1ccccc1)C(C)c1ccccc1. The average Bonchev–Trinajstić information content (AvgIpc) is 2.72. The molecule has 138 valence electrons. The van der Waals surface area contributed by atoms with Gasteiger partial charge in [-0.2, -0.15) is 0 Å². The van der Waals surface area contributed by atoms with Crippen LogP contribution in [0.15, 0.2) is 60.7 Å². The molecule has 0 bridgehead atoms. The molecule has 0 aliphatic heterocycles. The van der Waals surface area contributed by atoms with Gasteiger partial charge in [0, 0.05) is 18.6 Å². The maximum Gasteiger partial charge on any atom is 0.310 e. The predicted octanol–water partition coefficient (Wildman–Crippen LogP) is 4.98. The topological polar surface area (TPSA) is 29.5 Å². The second-order valence-electron chi connectivity index (χ2n) is 7.23. The molecule has 0 radical (unpaired) electrons. The number of hydrogen-bond donors (Lipinski definition) is 0. The van der Waals surface area contributed by atoms with Crippen molar-refractivity contribution < 1.29 is 9.53 Å². The van der Waals surface area contributed by atoms with Crippen LogP contribution in [0.25, 0.3) is 0 Å². The Morgan fingerprint density at radius 1 is 1.04 bits per heavy atom. The van der Waals surface area contributed by atoms with Crippen LogP contribution in [0.2, 0.25) is 0 Å². The van der Waals surface area contributed by atoms with E-state index in [1.165, 1.54) is 24.7 Å². The number of esters is 1. The van der Waals surface area contributed by atoms with Crippen LogP contribution in [0, 0.1) is 5.92 Å². The van der Waals surface area contributed by atoms with Crippen molar-refractivity contribution in [1.29, 1.82) is 0 Å². The summed E-state index contributed by atoms with van der Waals surface area (Å²) in [5.41, 5.74) is 2.57. The second-order valence-corrected chi connectivity index (χ2v) is 7.23. The van der Waals surface area contributed by atoms with Crippen molar-refractivity contribution in [2.24, 2.45) is 5.92 Å². The lowest BCUT2D eigenvalue weighted by molar-refractivity contribution is -0.150. The summed E-state index contributed by atoms with van der Waals surface area (Å²) in [4.78, 5) is 14.9. The molecule has 0 heterocycles. The summed E-state index contributed by atoms with van der Waals surface area (Å²) in [5.74, 6) is -0.100. The van der Waals surface area contributed by atoms with Crippen molar-refractivity contribution >= 4 is 5.97 Å². The minimum absolute atomic E-state index is 0.0383. The highest BCUT2D eigenvalue weighted by atomic mass is 16.5. The van der Waals surface area contributed by atoms with Gasteiger partial charge >= 0.3 is 5.97 Å². The van der Waals surface area contributed by atoms with Crippen LogP contribution in [0.1, 0.15) is 49.8 Å². The van der Waals surface area contributed by atoms with E-state index in [2.05, 4.69) is 66.4 Å². The van der Waals surface area contributed by atoms with Gasteiger partial charge in [0.25, 0.3) is 0 Å². The van der Waals surface area contributed by atoms with E-state index >= 15 is 0 Å². The zero-order valence-electron chi connectivity index (χ0n) is 15.8. The fourth-order valence-electron chi connectivity index (χ4n) is 4.19. The molecule has 3 atom stereocenters. The molecule has 0 N–H and O–H groups in total. The number of nitrogens with zero attached hydrogens (tertiary/aromatic N) is 1. The number of hydrogen-bond acceptors (Lipinski definition) is 3. The van der Waals surface area contributed by atoms with Gasteiger partial charge in [0.05, 0.1) is 13.0 Å². The zero-order chi connectivity index (χ0) is 18.4. The van der Waals surface area contributed by atoms with Gasteiger partial charge in [-0.15, -0.1) is 0 Å². The van der Waals surface area contributed by atoms with Crippen LogP contribution in [-0.2, 0) is 16.1 Å². The van der Waals surface area contributed by atoms with E-state index in [0.717, 1.165) is 25.8 Å². The molecule has 1 saturated carbocycles. The Morgan fingerprint density at radius 3 is 2.31 bits per heavy atom. The third-order valence-electron chi connectivity index (χ3n) is 5.65. The first-order chi connectivity index (χ1) is 12.7. The maximum absolute atomic E-state index is 12.4. The monoisotopic (exact) mass is 351 g/mol. The highest BCUT2D eigenvalue weighted by Gasteiger charge is 2.37. The largest absolute Gasteiger partial charge is 0.469 e. The van der Waals surface area contributed by atoms with Crippen molar-refractivity contribution in [3.63, 3.8) is 0 Å². The van der Waals surface area contributed by atoms with Gasteiger partial charge in [-0.1, -0.05) is 73.5 Å². The van der Waals surface area contributed by atoms with Gasteiger partial charge in [0.1, 0.15) is 0 Å². The highest BCUT2D eigenvalue weighted by Crippen LogP contribution is 2.35. The minimum atomic E-state index is -0.0620. The third kappa shape index (κ3) is 4.34. The first-order valence-electron chi connectivity index (χ1n) is 9.63. The summed E-state index contributed by atoms with van der Waals surface area (Å²) >= 11 is 0. The van der Waals surface area contributed by atoms with Crippen molar-refractivity contribution in [2.75, 3.05) is 7.11 Å². The number of methoxy groups -OCH3 is 1. The normalized spacial score (nSPS) is 21.3. The standard InChI is InChI=1S/C23H29NO2/c1-18(20-13-7-4-8-14-20)24(17-19-11-5-3-6-12-19)22-16-10-9-15-21(22)23(25)26-2/h3-8,11-14,18,21-22H,9-10,15-17H2,1-2H3. The Morgan fingerprint density at radius 2 is 1.65 bits per heavy atom. The molecule has 26 heavy (non-hydrogen) atoms. The molecule has 2 aromatic carbocycles. The Hall–Kier alpha value is -2.13. The van der Waals surface area contributed by atoms with Crippen LogP contribution in [0.5, 0.6) is 0 Å². The fraction of sp³-hybridized carbons (Fsp3) is 0.435. The second kappa shape index (κ2) is 9.00. The molecular weight excluding hydrogens is 322 g/mol. The van der Waals surface area contributed by atoms with Gasteiger partial charge in [-0.3, -0.25) is 9.69 Å². The quantitative estimate of drug-likeness (QED) is 0.687. The molecule has 3 unspecified atom stereocenters. The van der Waals surface area contributed by atoms with Crippen LogP contribution in [0.3, 0.4) is 0 Å². The van der Waals surface area contributed by atoms with Crippen molar-refractivity contribution in [1.82, 2.24) is 4.90 Å². The average molecular weight is 351 g/mol. The lowest BCUT2D eigenvalue weighted by Gasteiger charge is -2.42. The van der Waals surface area contributed by atoms with Gasteiger partial charge < -0.3 is 4.74 Å². The summed E-state index contributed by atoms with van der Waals surface area (Å²) in [5, 5.41) is 0. The number of rotatable bonds is 6. The molecule has 0 saturated heterocycles. The number of carbonyl (C=O) groups excluding carboxylic acids is 1. The molecule has 3 nitrogen and oxygen atoms in total. The first-order valence-corrected chi connectivity index (χ1v) is 9.63. The van der Waals surface area contributed by atoms with Gasteiger partial charge in [0.2, 0.25) is 0 Å². The Bertz CT molecular complexity index is 686. The third-order valence-corrected chi connectivity index (χ3v) is 5.65. The first kappa shape index (κ1) is 18.7. The lowest BCUT2D eigenvalue weighted by Crippen LogP contribution is -2.46. The van der Waals surface area contributed by atoms with Crippen LogP contribution < -0.4 is 0 Å². The van der Waals surface area contributed by atoms with E-state index in [-0.39, 0.29) is 24.0 Å². The molecular formula is C23H29NO2.